The van der Waals surface area contributed by atoms with E-state index in [9.17, 15) is 4.79 Å². The van der Waals surface area contributed by atoms with Gasteiger partial charge in [0.05, 0.1) is 0 Å². The minimum Gasteiger partial charge on any atom is -0.479 e. The van der Waals surface area contributed by atoms with Gasteiger partial charge in [0.15, 0.2) is 0 Å². The predicted octanol–water partition coefficient (Wildman–Crippen LogP) is 0.570. The van der Waals surface area contributed by atoms with Gasteiger partial charge in [-0.1, -0.05) is 6.92 Å². The van der Waals surface area contributed by atoms with Gasteiger partial charge in [-0.05, 0) is 13.3 Å². The fraction of sp³-hybridized carbons (Fsp3) is 0.833. The number of aliphatic carboxylic acids is 1. The van der Waals surface area contributed by atoms with E-state index in [0.29, 0.717) is 6.42 Å². The third-order valence-electron chi connectivity index (χ3n) is 1.75. The van der Waals surface area contributed by atoms with Crippen LogP contribution in [0.5, 0.6) is 0 Å². The van der Waals surface area contributed by atoms with Gasteiger partial charge in [0.25, 0.3) is 0 Å². The average Bonchev–Trinajstić information content (AvgIpc) is 1.85. The van der Waals surface area contributed by atoms with Crippen molar-refractivity contribution in [1.82, 2.24) is 0 Å². The summed E-state index contributed by atoms with van der Waals surface area (Å²) in [5.41, 5.74) is -1.12. The van der Waals surface area contributed by atoms with Crippen molar-refractivity contribution in [1.29, 1.82) is 0 Å². The maximum absolute atomic E-state index is 10.5. The molecule has 0 aromatic heterocycles. The van der Waals surface area contributed by atoms with Crippen LogP contribution in [-0.4, -0.2) is 22.8 Å². The van der Waals surface area contributed by atoms with E-state index in [-0.39, 0.29) is 6.10 Å². The molecule has 0 bridgehead atoms. The van der Waals surface area contributed by atoms with Crippen LogP contribution in [0.3, 0.4) is 0 Å². The summed E-state index contributed by atoms with van der Waals surface area (Å²) in [6.07, 6.45) is 0.355. The molecule has 4 nitrogen and oxygen atoms in total. The number of carboxylic acid groups (broad SMARTS) is 1. The van der Waals surface area contributed by atoms with Gasteiger partial charge in [-0.3, -0.25) is 0 Å². The van der Waals surface area contributed by atoms with Gasteiger partial charge in [0, 0.05) is 0 Å². The third-order valence-corrected chi connectivity index (χ3v) is 1.75. The SMILES string of the molecule is CCC1OOC1(C)C(=O)O. The molecule has 0 radical (unpaired) electrons. The van der Waals surface area contributed by atoms with Crippen LogP contribution in [0.1, 0.15) is 20.3 Å². The van der Waals surface area contributed by atoms with E-state index in [0.717, 1.165) is 0 Å². The van der Waals surface area contributed by atoms with E-state index in [1.54, 1.807) is 0 Å². The van der Waals surface area contributed by atoms with E-state index in [1.807, 2.05) is 6.92 Å². The van der Waals surface area contributed by atoms with Gasteiger partial charge >= 0.3 is 5.97 Å². The highest BCUT2D eigenvalue weighted by Gasteiger charge is 2.53. The number of rotatable bonds is 2. The standard InChI is InChI=1S/C6H10O4/c1-3-4-6(2,5(7)8)10-9-4/h4H,3H2,1-2H3,(H,7,8). The van der Waals surface area contributed by atoms with Crippen molar-refractivity contribution in [2.24, 2.45) is 0 Å². The molecule has 0 aromatic carbocycles. The number of carboxylic acids is 1. The number of carbonyl (C=O) groups is 1. The molecule has 0 saturated carbocycles. The van der Waals surface area contributed by atoms with Crippen molar-refractivity contribution in [2.75, 3.05) is 0 Å². The second kappa shape index (κ2) is 2.21. The average molecular weight is 146 g/mol. The zero-order chi connectivity index (χ0) is 7.78. The Balaban J connectivity index is 2.61. The molecule has 10 heavy (non-hydrogen) atoms. The lowest BCUT2D eigenvalue weighted by Gasteiger charge is -2.40. The Labute approximate surface area is 58.7 Å². The summed E-state index contributed by atoms with van der Waals surface area (Å²) in [5, 5.41) is 8.59. The highest BCUT2D eigenvalue weighted by molar-refractivity contribution is 5.78. The van der Waals surface area contributed by atoms with Crippen LogP contribution in [0.15, 0.2) is 0 Å². The van der Waals surface area contributed by atoms with Crippen LogP contribution in [-0.2, 0) is 14.6 Å². The summed E-state index contributed by atoms with van der Waals surface area (Å²) in [7, 11) is 0. The van der Waals surface area contributed by atoms with Gasteiger partial charge in [-0.2, -0.15) is 0 Å². The Morgan fingerprint density at radius 1 is 1.80 bits per heavy atom. The van der Waals surface area contributed by atoms with Crippen molar-refractivity contribution >= 4 is 5.97 Å². The number of hydrogen-bond acceptors (Lipinski definition) is 3. The second-order valence-electron chi connectivity index (χ2n) is 2.49. The Kier molecular flexibility index (Phi) is 1.66. The molecule has 1 aliphatic heterocycles. The third kappa shape index (κ3) is 0.803. The first kappa shape index (κ1) is 7.50. The normalized spacial score (nSPS) is 38.8. The molecule has 0 amide bonds. The van der Waals surface area contributed by atoms with Gasteiger partial charge in [0.1, 0.15) is 6.10 Å². The highest BCUT2D eigenvalue weighted by Crippen LogP contribution is 2.31. The summed E-state index contributed by atoms with van der Waals surface area (Å²) >= 11 is 0. The summed E-state index contributed by atoms with van der Waals surface area (Å²) in [6, 6.07) is 0. The zero-order valence-corrected chi connectivity index (χ0v) is 5.96. The summed E-state index contributed by atoms with van der Waals surface area (Å²) in [5.74, 6) is -0.967. The summed E-state index contributed by atoms with van der Waals surface area (Å²) in [4.78, 5) is 19.5. The zero-order valence-electron chi connectivity index (χ0n) is 5.96. The van der Waals surface area contributed by atoms with Crippen LogP contribution in [0.4, 0.5) is 0 Å². The topological polar surface area (TPSA) is 55.8 Å². The first-order chi connectivity index (χ1) is 4.61. The van der Waals surface area contributed by atoms with E-state index in [4.69, 9.17) is 5.11 Å². The maximum Gasteiger partial charge on any atom is 0.341 e. The first-order valence-corrected chi connectivity index (χ1v) is 3.19. The van der Waals surface area contributed by atoms with Crippen molar-refractivity contribution < 1.29 is 19.7 Å². The van der Waals surface area contributed by atoms with Crippen LogP contribution < -0.4 is 0 Å². The van der Waals surface area contributed by atoms with Crippen LogP contribution in [0.2, 0.25) is 0 Å². The second-order valence-corrected chi connectivity index (χ2v) is 2.49. The Morgan fingerprint density at radius 2 is 2.40 bits per heavy atom. The maximum atomic E-state index is 10.5. The lowest BCUT2D eigenvalue weighted by molar-refractivity contribution is -0.492. The Bertz CT molecular complexity index is 154. The molecule has 2 unspecified atom stereocenters. The van der Waals surface area contributed by atoms with E-state index < -0.39 is 11.6 Å². The Hall–Kier alpha value is -0.610. The fourth-order valence-corrected chi connectivity index (χ4v) is 0.891. The lowest BCUT2D eigenvalue weighted by atomic mass is 9.96. The van der Waals surface area contributed by atoms with Crippen molar-refractivity contribution in [3.8, 4) is 0 Å². The van der Waals surface area contributed by atoms with Crippen LogP contribution in [0.25, 0.3) is 0 Å². The molecule has 1 rings (SSSR count). The van der Waals surface area contributed by atoms with Crippen molar-refractivity contribution in [2.45, 2.75) is 32.0 Å². The smallest absolute Gasteiger partial charge is 0.341 e. The minimum atomic E-state index is -1.12. The molecule has 0 aromatic rings. The molecule has 1 heterocycles. The molecule has 1 saturated heterocycles. The molecule has 2 atom stereocenters. The van der Waals surface area contributed by atoms with Crippen molar-refractivity contribution in [3.63, 3.8) is 0 Å². The molecule has 4 heteroatoms. The molecule has 1 aliphatic rings. The molecule has 0 spiro atoms. The molecule has 0 aliphatic carbocycles. The molecule has 58 valence electrons. The van der Waals surface area contributed by atoms with E-state index in [1.165, 1.54) is 6.92 Å². The van der Waals surface area contributed by atoms with E-state index >= 15 is 0 Å². The number of hydrogen-bond donors (Lipinski definition) is 1. The van der Waals surface area contributed by atoms with Gasteiger partial charge < -0.3 is 5.11 Å². The molecular weight excluding hydrogens is 136 g/mol. The van der Waals surface area contributed by atoms with E-state index in [2.05, 4.69) is 9.78 Å². The quantitative estimate of drug-likeness (QED) is 0.578. The Morgan fingerprint density at radius 3 is 2.50 bits per heavy atom. The highest BCUT2D eigenvalue weighted by atomic mass is 17.3. The van der Waals surface area contributed by atoms with Crippen LogP contribution >= 0.6 is 0 Å². The molecular formula is C6H10O4. The van der Waals surface area contributed by atoms with Gasteiger partial charge in [-0.15, -0.1) is 0 Å². The summed E-state index contributed by atoms with van der Waals surface area (Å²) < 4.78 is 0. The summed E-state index contributed by atoms with van der Waals surface area (Å²) in [6.45, 7) is 3.36. The van der Waals surface area contributed by atoms with Gasteiger partial charge in [0.2, 0.25) is 5.60 Å². The molecule has 1 N–H and O–H groups in total. The van der Waals surface area contributed by atoms with Crippen LogP contribution in [0, 0.1) is 0 Å². The predicted molar refractivity (Wildman–Crippen MR) is 32.3 cm³/mol. The monoisotopic (exact) mass is 146 g/mol. The largest absolute Gasteiger partial charge is 0.479 e. The first-order valence-electron chi connectivity index (χ1n) is 3.19. The van der Waals surface area contributed by atoms with Crippen molar-refractivity contribution in [3.05, 3.63) is 0 Å². The molecule has 1 fully saturated rings. The van der Waals surface area contributed by atoms with Gasteiger partial charge in [-0.25, -0.2) is 14.6 Å². The fourth-order valence-electron chi connectivity index (χ4n) is 0.891. The lowest BCUT2D eigenvalue weighted by Crippen LogP contribution is -2.59. The minimum absolute atomic E-state index is 0.301.